The smallest absolute Gasteiger partial charge is 0.262 e. The Morgan fingerprint density at radius 2 is 1.48 bits per heavy atom. The Morgan fingerprint density at radius 3 is 2.11 bits per heavy atom. The molecule has 6 heteroatoms. The second kappa shape index (κ2) is 11.0. The van der Waals surface area contributed by atoms with Crippen LogP contribution in [0.15, 0.2) is 42.5 Å². The van der Waals surface area contributed by atoms with Crippen LogP contribution < -0.4 is 24.3 Å². The Labute approximate surface area is 160 Å². The lowest BCUT2D eigenvalue weighted by Gasteiger charge is -2.14. The zero-order valence-electron chi connectivity index (χ0n) is 16.1. The van der Waals surface area contributed by atoms with Gasteiger partial charge < -0.3 is 24.3 Å². The number of rotatable bonds is 11. The van der Waals surface area contributed by atoms with Gasteiger partial charge in [-0.2, -0.15) is 0 Å². The Morgan fingerprint density at radius 1 is 0.852 bits per heavy atom. The number of hydrogen-bond donors (Lipinski definition) is 1. The van der Waals surface area contributed by atoms with Crippen LogP contribution in [0, 0.1) is 0 Å². The number of hydrogen-bond acceptors (Lipinski definition) is 5. The third-order valence-corrected chi connectivity index (χ3v) is 3.58. The Bertz CT molecular complexity index is 715. The zero-order valence-corrected chi connectivity index (χ0v) is 16.1. The maximum Gasteiger partial charge on any atom is 0.262 e. The van der Waals surface area contributed by atoms with Gasteiger partial charge in [-0.15, -0.1) is 0 Å². The summed E-state index contributed by atoms with van der Waals surface area (Å²) in [6.07, 6.45) is 1.80. The molecule has 1 N–H and O–H groups in total. The van der Waals surface area contributed by atoms with Crippen LogP contribution in [0.1, 0.15) is 26.7 Å². The minimum atomic E-state index is -0.255. The minimum Gasteiger partial charge on any atom is -0.497 e. The molecule has 0 heterocycles. The molecule has 0 fully saturated rings. The molecule has 0 aliphatic heterocycles. The maximum absolute atomic E-state index is 12.2. The first-order valence-corrected chi connectivity index (χ1v) is 9.12. The van der Waals surface area contributed by atoms with Gasteiger partial charge in [0, 0.05) is 11.8 Å². The number of methoxy groups -OCH3 is 1. The van der Waals surface area contributed by atoms with E-state index in [4.69, 9.17) is 18.9 Å². The van der Waals surface area contributed by atoms with E-state index in [9.17, 15) is 4.79 Å². The van der Waals surface area contributed by atoms with Crippen LogP contribution >= 0.6 is 0 Å². The van der Waals surface area contributed by atoms with Gasteiger partial charge in [-0.1, -0.05) is 13.8 Å². The van der Waals surface area contributed by atoms with Gasteiger partial charge in [-0.3, -0.25) is 4.79 Å². The van der Waals surface area contributed by atoms with Crippen molar-refractivity contribution < 1.29 is 23.7 Å². The molecule has 1 amide bonds. The predicted molar refractivity (Wildman–Crippen MR) is 105 cm³/mol. The Balaban J connectivity index is 1.94. The van der Waals surface area contributed by atoms with E-state index in [-0.39, 0.29) is 12.5 Å². The van der Waals surface area contributed by atoms with E-state index in [0.717, 1.165) is 18.6 Å². The van der Waals surface area contributed by atoms with Crippen molar-refractivity contribution in [2.45, 2.75) is 26.7 Å². The van der Waals surface area contributed by atoms with E-state index >= 15 is 0 Å². The molecule has 0 unspecified atom stereocenters. The molecule has 0 spiro atoms. The highest BCUT2D eigenvalue weighted by molar-refractivity contribution is 5.92. The van der Waals surface area contributed by atoms with Gasteiger partial charge in [0.2, 0.25) is 0 Å². The monoisotopic (exact) mass is 373 g/mol. The quantitative estimate of drug-likeness (QED) is 0.636. The Kier molecular flexibility index (Phi) is 8.29. The van der Waals surface area contributed by atoms with Gasteiger partial charge >= 0.3 is 0 Å². The molecule has 0 radical (unpaired) electrons. The predicted octanol–water partition coefficient (Wildman–Crippen LogP) is 4.29. The van der Waals surface area contributed by atoms with E-state index in [2.05, 4.69) is 5.32 Å². The standard InChI is InChI=1S/C21H27NO5/c1-4-12-25-19-11-6-16(14-20(19)26-13-5-2)22-21(23)15-27-18-9-7-17(24-3)8-10-18/h6-11,14H,4-5,12-13,15H2,1-3H3,(H,22,23). The second-order valence-electron chi connectivity index (χ2n) is 5.87. The number of amides is 1. The fraction of sp³-hybridized carbons (Fsp3) is 0.381. The fourth-order valence-electron chi connectivity index (χ4n) is 2.26. The van der Waals surface area contributed by atoms with E-state index in [1.54, 1.807) is 49.6 Å². The van der Waals surface area contributed by atoms with Crippen molar-refractivity contribution in [2.24, 2.45) is 0 Å². The third kappa shape index (κ3) is 6.73. The first-order valence-electron chi connectivity index (χ1n) is 9.12. The van der Waals surface area contributed by atoms with Crippen LogP contribution in [0.25, 0.3) is 0 Å². The minimum absolute atomic E-state index is 0.0917. The molecule has 0 saturated heterocycles. The third-order valence-electron chi connectivity index (χ3n) is 3.58. The second-order valence-corrected chi connectivity index (χ2v) is 5.87. The molecule has 0 aliphatic carbocycles. The lowest BCUT2D eigenvalue weighted by molar-refractivity contribution is -0.118. The summed E-state index contributed by atoms with van der Waals surface area (Å²) in [5.41, 5.74) is 0.633. The van der Waals surface area contributed by atoms with E-state index in [1.807, 2.05) is 13.8 Å². The van der Waals surface area contributed by atoms with Crippen molar-refractivity contribution in [1.82, 2.24) is 0 Å². The summed E-state index contributed by atoms with van der Waals surface area (Å²) in [6, 6.07) is 12.4. The molecule has 0 saturated carbocycles. The average Bonchev–Trinajstić information content (AvgIpc) is 2.70. The van der Waals surface area contributed by atoms with Crippen LogP contribution in [0.2, 0.25) is 0 Å². The summed E-state index contributed by atoms with van der Waals surface area (Å²) in [7, 11) is 1.60. The highest BCUT2D eigenvalue weighted by atomic mass is 16.5. The number of ether oxygens (including phenoxy) is 4. The first kappa shape index (κ1) is 20.4. The molecular formula is C21H27NO5. The summed E-state index contributed by atoms with van der Waals surface area (Å²) in [4.78, 5) is 12.2. The molecule has 0 aromatic heterocycles. The van der Waals surface area contributed by atoms with Crippen molar-refractivity contribution in [1.29, 1.82) is 0 Å². The van der Waals surface area contributed by atoms with Crippen LogP contribution in [0.4, 0.5) is 5.69 Å². The van der Waals surface area contributed by atoms with Crippen LogP contribution in [-0.4, -0.2) is 32.8 Å². The number of benzene rings is 2. The van der Waals surface area contributed by atoms with Crippen molar-refractivity contribution in [3.8, 4) is 23.0 Å². The first-order chi connectivity index (χ1) is 13.2. The van der Waals surface area contributed by atoms with E-state index < -0.39 is 0 Å². The SMILES string of the molecule is CCCOc1ccc(NC(=O)COc2ccc(OC)cc2)cc1OCCC. The van der Waals surface area contributed by atoms with Crippen molar-refractivity contribution in [3.05, 3.63) is 42.5 Å². The molecule has 2 aromatic rings. The van der Waals surface area contributed by atoms with Gasteiger partial charge in [0.1, 0.15) is 11.5 Å². The van der Waals surface area contributed by atoms with Gasteiger partial charge in [-0.25, -0.2) is 0 Å². The van der Waals surface area contributed by atoms with Crippen molar-refractivity contribution >= 4 is 11.6 Å². The summed E-state index contributed by atoms with van der Waals surface area (Å²) in [5, 5.41) is 2.81. The highest BCUT2D eigenvalue weighted by Gasteiger charge is 2.10. The summed E-state index contributed by atoms with van der Waals surface area (Å²) < 4.78 is 22.0. The molecule has 0 bridgehead atoms. The molecule has 2 aromatic carbocycles. The normalized spacial score (nSPS) is 10.2. The number of carbonyl (C=O) groups excluding carboxylic acids is 1. The van der Waals surface area contributed by atoms with Gasteiger partial charge in [0.05, 0.1) is 20.3 Å². The maximum atomic E-state index is 12.2. The van der Waals surface area contributed by atoms with E-state index in [1.165, 1.54) is 0 Å². The molecule has 27 heavy (non-hydrogen) atoms. The topological polar surface area (TPSA) is 66.0 Å². The highest BCUT2D eigenvalue weighted by Crippen LogP contribution is 2.31. The van der Waals surface area contributed by atoms with Gasteiger partial charge in [0.25, 0.3) is 5.91 Å². The fourth-order valence-corrected chi connectivity index (χ4v) is 2.26. The summed E-state index contributed by atoms with van der Waals surface area (Å²) in [6.45, 7) is 5.19. The largest absolute Gasteiger partial charge is 0.497 e. The van der Waals surface area contributed by atoms with Crippen LogP contribution in [0.5, 0.6) is 23.0 Å². The van der Waals surface area contributed by atoms with Crippen LogP contribution in [0.3, 0.4) is 0 Å². The van der Waals surface area contributed by atoms with Crippen molar-refractivity contribution in [3.63, 3.8) is 0 Å². The molecule has 6 nitrogen and oxygen atoms in total. The molecular weight excluding hydrogens is 346 g/mol. The molecule has 146 valence electrons. The number of anilines is 1. The number of nitrogens with one attached hydrogen (secondary N) is 1. The average molecular weight is 373 g/mol. The lowest BCUT2D eigenvalue weighted by atomic mass is 10.2. The summed E-state index contributed by atoms with van der Waals surface area (Å²) >= 11 is 0. The van der Waals surface area contributed by atoms with E-state index in [0.29, 0.717) is 36.1 Å². The van der Waals surface area contributed by atoms with Gasteiger partial charge in [0.15, 0.2) is 18.1 Å². The summed E-state index contributed by atoms with van der Waals surface area (Å²) in [5.74, 6) is 2.38. The van der Waals surface area contributed by atoms with Gasteiger partial charge in [-0.05, 0) is 49.2 Å². The number of carbonyl (C=O) groups is 1. The van der Waals surface area contributed by atoms with Crippen LogP contribution in [-0.2, 0) is 4.79 Å². The molecule has 0 atom stereocenters. The Hall–Kier alpha value is -2.89. The molecule has 0 aliphatic rings. The lowest BCUT2D eigenvalue weighted by Crippen LogP contribution is -2.20. The van der Waals surface area contributed by atoms with Crippen molar-refractivity contribution in [2.75, 3.05) is 32.2 Å². The molecule has 2 rings (SSSR count). The zero-order chi connectivity index (χ0) is 19.5.